The number of hydrogen-bond acceptors (Lipinski definition) is 3. The Morgan fingerprint density at radius 3 is 1.50 bits per heavy atom. The topological polar surface area (TPSA) is 29.5 Å². The van der Waals surface area contributed by atoms with Crippen LogP contribution < -0.4 is 0 Å². The van der Waals surface area contributed by atoms with E-state index in [-0.39, 0.29) is 22.3 Å². The molecule has 20 heavy (non-hydrogen) atoms. The van der Waals surface area contributed by atoms with Gasteiger partial charge in [0, 0.05) is 17.7 Å². The Kier molecular flexibility index (Phi) is 6.15. The van der Waals surface area contributed by atoms with Crippen molar-refractivity contribution in [1.29, 1.82) is 0 Å². The van der Waals surface area contributed by atoms with Gasteiger partial charge in [0.2, 0.25) is 7.37 Å². The molecule has 0 fully saturated rings. The minimum Gasteiger partial charge on any atom is -0.328 e. The first-order chi connectivity index (χ1) is 8.55. The van der Waals surface area contributed by atoms with Crippen molar-refractivity contribution in [3.63, 3.8) is 0 Å². The third-order valence-corrected chi connectivity index (χ3v) is 5.96. The summed E-state index contributed by atoms with van der Waals surface area (Å²) in [6.45, 7) is 23.7. The van der Waals surface area contributed by atoms with Gasteiger partial charge in [0.05, 0.1) is 12.4 Å². The SMILES string of the molecule is CCOP(C)(=O)C(N(C(C)(C)C)C(C)(C)C)C(C)(C)C. The number of rotatable bonds is 4. The molecule has 0 radical (unpaired) electrons. The lowest BCUT2D eigenvalue weighted by molar-refractivity contribution is -0.0180. The molecule has 0 saturated heterocycles. The van der Waals surface area contributed by atoms with E-state index in [1.54, 1.807) is 6.66 Å². The zero-order chi connectivity index (χ0) is 16.6. The van der Waals surface area contributed by atoms with Gasteiger partial charge in [-0.05, 0) is 53.9 Å². The molecular weight excluding hydrogens is 269 g/mol. The molecule has 0 rings (SSSR count). The summed E-state index contributed by atoms with van der Waals surface area (Å²) in [5, 5.41) is 0. The van der Waals surface area contributed by atoms with E-state index in [4.69, 9.17) is 4.52 Å². The summed E-state index contributed by atoms with van der Waals surface area (Å²) in [6, 6.07) is 0. The molecule has 4 heteroatoms. The molecule has 0 N–H and O–H groups in total. The predicted octanol–water partition coefficient (Wildman–Crippen LogP) is 5.20. The van der Waals surface area contributed by atoms with Gasteiger partial charge in [0.15, 0.2) is 0 Å². The van der Waals surface area contributed by atoms with Crippen LogP contribution in [0.5, 0.6) is 0 Å². The zero-order valence-electron chi connectivity index (χ0n) is 15.5. The van der Waals surface area contributed by atoms with Gasteiger partial charge in [-0.25, -0.2) is 0 Å². The van der Waals surface area contributed by atoms with E-state index in [1.807, 2.05) is 6.92 Å². The summed E-state index contributed by atoms with van der Waals surface area (Å²) in [4.78, 5) is 2.37. The van der Waals surface area contributed by atoms with Crippen molar-refractivity contribution in [2.45, 2.75) is 86.1 Å². The molecule has 0 aromatic rings. The van der Waals surface area contributed by atoms with Crippen LogP contribution in [-0.2, 0) is 9.09 Å². The summed E-state index contributed by atoms with van der Waals surface area (Å²) in [5.41, 5.74) is -0.294. The molecule has 0 spiro atoms. The second-order valence-electron chi connectivity index (χ2n) is 8.78. The van der Waals surface area contributed by atoms with Crippen molar-refractivity contribution < 1.29 is 9.09 Å². The summed E-state index contributed by atoms with van der Waals surface area (Å²) in [6.07, 6.45) is 0. The Morgan fingerprint density at radius 2 is 1.30 bits per heavy atom. The number of nitrogens with zero attached hydrogens (tertiary/aromatic N) is 1. The van der Waals surface area contributed by atoms with Crippen LogP contribution in [0.1, 0.15) is 69.2 Å². The molecule has 0 aliphatic heterocycles. The molecule has 0 saturated carbocycles. The normalized spacial score (nSPS) is 19.0. The molecule has 122 valence electrons. The van der Waals surface area contributed by atoms with Crippen molar-refractivity contribution in [1.82, 2.24) is 4.90 Å². The first-order valence-electron chi connectivity index (χ1n) is 7.56. The first kappa shape index (κ1) is 20.1. The van der Waals surface area contributed by atoms with Gasteiger partial charge < -0.3 is 4.52 Å². The average molecular weight is 305 g/mol. The van der Waals surface area contributed by atoms with Crippen molar-refractivity contribution >= 4 is 7.37 Å². The maximum absolute atomic E-state index is 13.2. The monoisotopic (exact) mass is 305 g/mol. The summed E-state index contributed by atoms with van der Waals surface area (Å²) in [5.74, 6) is -0.116. The van der Waals surface area contributed by atoms with E-state index in [1.165, 1.54) is 0 Å². The fourth-order valence-corrected chi connectivity index (χ4v) is 6.54. The van der Waals surface area contributed by atoms with Crippen molar-refractivity contribution in [2.75, 3.05) is 13.3 Å². The largest absolute Gasteiger partial charge is 0.328 e. The molecule has 0 amide bonds. The van der Waals surface area contributed by atoms with Crippen LogP contribution in [0.3, 0.4) is 0 Å². The molecule has 0 aliphatic rings. The maximum atomic E-state index is 13.2. The lowest BCUT2D eigenvalue weighted by Gasteiger charge is -2.55. The predicted molar refractivity (Wildman–Crippen MR) is 89.7 cm³/mol. The second-order valence-corrected chi connectivity index (χ2v) is 11.3. The minimum atomic E-state index is -2.75. The molecule has 2 atom stereocenters. The molecule has 0 bridgehead atoms. The fourth-order valence-electron chi connectivity index (χ4n) is 3.37. The highest BCUT2D eigenvalue weighted by Crippen LogP contribution is 2.58. The highest BCUT2D eigenvalue weighted by Gasteiger charge is 2.49. The second kappa shape index (κ2) is 6.10. The van der Waals surface area contributed by atoms with E-state index in [0.29, 0.717) is 6.61 Å². The van der Waals surface area contributed by atoms with Crippen LogP contribution in [-0.4, -0.2) is 35.0 Å². The minimum absolute atomic E-state index is 0.0844. The smallest absolute Gasteiger partial charge is 0.217 e. The highest BCUT2D eigenvalue weighted by molar-refractivity contribution is 7.58. The molecule has 2 unspecified atom stereocenters. The van der Waals surface area contributed by atoms with Gasteiger partial charge >= 0.3 is 0 Å². The highest BCUT2D eigenvalue weighted by atomic mass is 31.2. The first-order valence-corrected chi connectivity index (χ1v) is 9.70. The Bertz CT molecular complexity index is 344. The zero-order valence-corrected chi connectivity index (χ0v) is 16.4. The van der Waals surface area contributed by atoms with Gasteiger partial charge in [-0.3, -0.25) is 9.46 Å². The standard InChI is InChI=1S/C16H36NO2P/c1-12-19-20(11,18)13(14(2,3)4)17(15(5,6)7)16(8,9)10/h13H,12H2,1-11H3. The Balaban J connectivity index is 6.04. The molecule has 0 heterocycles. The van der Waals surface area contributed by atoms with E-state index in [9.17, 15) is 4.57 Å². The molecular formula is C16H36NO2P. The van der Waals surface area contributed by atoms with Gasteiger partial charge in [-0.2, -0.15) is 0 Å². The molecule has 0 aliphatic carbocycles. The Hall–Kier alpha value is 0.150. The fraction of sp³-hybridized carbons (Fsp3) is 1.00. The van der Waals surface area contributed by atoms with Crippen LogP contribution >= 0.6 is 7.37 Å². The van der Waals surface area contributed by atoms with Crippen LogP contribution in [0.25, 0.3) is 0 Å². The molecule has 0 aromatic carbocycles. The Morgan fingerprint density at radius 1 is 0.950 bits per heavy atom. The van der Waals surface area contributed by atoms with Gasteiger partial charge in [0.25, 0.3) is 0 Å². The summed E-state index contributed by atoms with van der Waals surface area (Å²) < 4.78 is 18.9. The van der Waals surface area contributed by atoms with Gasteiger partial charge in [-0.1, -0.05) is 20.8 Å². The third-order valence-electron chi connectivity index (χ3n) is 3.29. The van der Waals surface area contributed by atoms with Gasteiger partial charge in [-0.15, -0.1) is 0 Å². The lowest BCUT2D eigenvalue weighted by Crippen LogP contribution is -2.60. The Labute approximate surface area is 126 Å². The molecule has 0 aromatic heterocycles. The number of hydrogen-bond donors (Lipinski definition) is 0. The van der Waals surface area contributed by atoms with Crippen molar-refractivity contribution in [3.8, 4) is 0 Å². The maximum Gasteiger partial charge on any atom is 0.217 e. The van der Waals surface area contributed by atoms with Crippen LogP contribution in [0, 0.1) is 5.41 Å². The van der Waals surface area contributed by atoms with Crippen LogP contribution in [0.2, 0.25) is 0 Å². The summed E-state index contributed by atoms with van der Waals surface area (Å²) in [7, 11) is -2.75. The van der Waals surface area contributed by atoms with Crippen molar-refractivity contribution in [3.05, 3.63) is 0 Å². The van der Waals surface area contributed by atoms with E-state index < -0.39 is 7.37 Å². The van der Waals surface area contributed by atoms with Crippen molar-refractivity contribution in [2.24, 2.45) is 5.41 Å². The van der Waals surface area contributed by atoms with E-state index in [0.717, 1.165) is 0 Å². The van der Waals surface area contributed by atoms with Crippen LogP contribution in [0.4, 0.5) is 0 Å². The third kappa shape index (κ3) is 5.16. The lowest BCUT2D eigenvalue weighted by atomic mass is 9.88. The van der Waals surface area contributed by atoms with E-state index in [2.05, 4.69) is 67.2 Å². The summed E-state index contributed by atoms with van der Waals surface area (Å²) >= 11 is 0. The van der Waals surface area contributed by atoms with Crippen LogP contribution in [0.15, 0.2) is 0 Å². The molecule has 3 nitrogen and oxygen atoms in total. The average Bonchev–Trinajstić information content (AvgIpc) is 2.07. The van der Waals surface area contributed by atoms with Gasteiger partial charge in [0.1, 0.15) is 0 Å². The quantitative estimate of drug-likeness (QED) is 0.668. The van der Waals surface area contributed by atoms with E-state index >= 15 is 0 Å².